The van der Waals surface area contributed by atoms with Crippen LogP contribution in [0.2, 0.25) is 0 Å². The fraction of sp³-hybridized carbons (Fsp3) is 0.385. The van der Waals surface area contributed by atoms with E-state index in [4.69, 9.17) is 4.74 Å². The fourth-order valence-corrected chi connectivity index (χ4v) is 5.58. The largest absolute Gasteiger partial charge is 0.494 e. The lowest BCUT2D eigenvalue weighted by molar-refractivity contribution is -0.122. The highest BCUT2D eigenvalue weighted by molar-refractivity contribution is 7.17. The van der Waals surface area contributed by atoms with Crippen LogP contribution >= 0.6 is 11.3 Å². The number of piperazine rings is 1. The van der Waals surface area contributed by atoms with Gasteiger partial charge in [0, 0.05) is 54.4 Å². The van der Waals surface area contributed by atoms with Crippen LogP contribution in [0, 0.1) is 0 Å². The Bertz CT molecular complexity index is 1140. The van der Waals surface area contributed by atoms with Crippen molar-refractivity contribution in [2.24, 2.45) is 0 Å². The molecule has 1 saturated heterocycles. The van der Waals surface area contributed by atoms with Gasteiger partial charge in [0.15, 0.2) is 0 Å². The van der Waals surface area contributed by atoms with Crippen LogP contribution in [0.1, 0.15) is 24.8 Å². The smallest absolute Gasteiger partial charge is 0.233 e. The summed E-state index contributed by atoms with van der Waals surface area (Å²) >= 11 is 1.81. The molecular formula is C26H29N3O3S. The monoisotopic (exact) mass is 463 g/mol. The molecule has 2 aliphatic heterocycles. The Morgan fingerprint density at radius 2 is 1.85 bits per heavy atom. The summed E-state index contributed by atoms with van der Waals surface area (Å²) in [7, 11) is 0. The number of amides is 2. The number of hydrogen-bond acceptors (Lipinski definition) is 6. The summed E-state index contributed by atoms with van der Waals surface area (Å²) in [6.45, 7) is 6.01. The second-order valence-electron chi connectivity index (χ2n) is 8.65. The molecule has 5 rings (SSSR count). The number of rotatable bonds is 8. The van der Waals surface area contributed by atoms with Gasteiger partial charge in [0.2, 0.25) is 12.3 Å². The topological polar surface area (TPSA) is 53.1 Å². The average molecular weight is 464 g/mol. The number of carbonyl (C=O) groups is 2. The van der Waals surface area contributed by atoms with E-state index in [0.717, 1.165) is 51.1 Å². The van der Waals surface area contributed by atoms with Crippen molar-refractivity contribution >= 4 is 45.1 Å². The Hall–Kier alpha value is -2.90. The molecule has 2 amide bonds. The first kappa shape index (κ1) is 21.9. The molecule has 1 aromatic heterocycles. The standard InChI is InChI=1S/C26H29N3O3S/c30-19-29-24-18-21(8-6-20(24)7-9-26(29)31)32-16-2-1-11-27-12-14-28(15-13-27)23-4-3-5-25-22(23)10-17-33-25/h3-6,8,10,17-19H,1-2,7,9,11-16H2. The van der Waals surface area contributed by atoms with Crippen LogP contribution in [0.15, 0.2) is 47.8 Å². The molecule has 172 valence electrons. The van der Waals surface area contributed by atoms with Crippen molar-refractivity contribution in [3.05, 3.63) is 53.4 Å². The Kier molecular flexibility index (Phi) is 6.60. The molecule has 3 aromatic rings. The average Bonchev–Trinajstić information content (AvgIpc) is 3.33. The van der Waals surface area contributed by atoms with E-state index in [-0.39, 0.29) is 5.91 Å². The van der Waals surface area contributed by atoms with Gasteiger partial charge in [0.05, 0.1) is 12.3 Å². The normalized spacial score (nSPS) is 16.8. The van der Waals surface area contributed by atoms with E-state index in [1.807, 2.05) is 18.2 Å². The summed E-state index contributed by atoms with van der Waals surface area (Å²) in [4.78, 5) is 29.5. The summed E-state index contributed by atoms with van der Waals surface area (Å²) in [6, 6.07) is 14.6. The molecule has 2 aromatic carbocycles. The van der Waals surface area contributed by atoms with E-state index in [0.29, 0.717) is 37.3 Å². The third kappa shape index (κ3) is 4.75. The van der Waals surface area contributed by atoms with Gasteiger partial charge in [-0.25, -0.2) is 0 Å². The Labute approximate surface area is 198 Å². The maximum absolute atomic E-state index is 11.9. The van der Waals surface area contributed by atoms with E-state index >= 15 is 0 Å². The van der Waals surface area contributed by atoms with Crippen molar-refractivity contribution in [1.29, 1.82) is 0 Å². The van der Waals surface area contributed by atoms with Gasteiger partial charge in [-0.05, 0) is 61.0 Å². The van der Waals surface area contributed by atoms with Crippen LogP contribution in [-0.4, -0.2) is 56.5 Å². The predicted octanol–water partition coefficient (Wildman–Crippen LogP) is 4.32. The van der Waals surface area contributed by atoms with Gasteiger partial charge in [-0.15, -0.1) is 11.3 Å². The molecule has 0 bridgehead atoms. The lowest BCUT2D eigenvalue weighted by Crippen LogP contribution is -2.46. The number of benzene rings is 2. The van der Waals surface area contributed by atoms with E-state index in [1.54, 1.807) is 11.3 Å². The van der Waals surface area contributed by atoms with Crippen LogP contribution in [0.5, 0.6) is 5.75 Å². The molecule has 0 saturated carbocycles. The molecule has 3 heterocycles. The van der Waals surface area contributed by atoms with Crippen LogP contribution in [0.4, 0.5) is 11.4 Å². The van der Waals surface area contributed by atoms with Gasteiger partial charge in [-0.3, -0.25) is 19.4 Å². The maximum atomic E-state index is 11.9. The summed E-state index contributed by atoms with van der Waals surface area (Å²) in [6.07, 6.45) is 3.72. The summed E-state index contributed by atoms with van der Waals surface area (Å²) in [5.41, 5.74) is 3.04. The number of unbranched alkanes of at least 4 members (excludes halogenated alkanes) is 1. The molecule has 0 N–H and O–H groups in total. The molecule has 1 fully saturated rings. The minimum atomic E-state index is -0.151. The molecule has 0 aliphatic carbocycles. The summed E-state index contributed by atoms with van der Waals surface area (Å²) in [5.74, 6) is 0.563. The quantitative estimate of drug-likeness (QED) is 0.368. The number of hydrogen-bond donors (Lipinski definition) is 0. The SMILES string of the molecule is O=CN1C(=O)CCc2ccc(OCCCCN3CCN(c4cccc5sccc45)CC3)cc21. The number of imide groups is 1. The molecular weight excluding hydrogens is 434 g/mol. The molecule has 0 spiro atoms. The second-order valence-corrected chi connectivity index (χ2v) is 9.60. The van der Waals surface area contributed by atoms with Crippen molar-refractivity contribution < 1.29 is 14.3 Å². The van der Waals surface area contributed by atoms with Crippen molar-refractivity contribution in [3.63, 3.8) is 0 Å². The molecule has 2 aliphatic rings. The van der Waals surface area contributed by atoms with Gasteiger partial charge in [-0.1, -0.05) is 12.1 Å². The Morgan fingerprint density at radius 3 is 2.70 bits per heavy atom. The van der Waals surface area contributed by atoms with Crippen LogP contribution < -0.4 is 14.5 Å². The molecule has 0 unspecified atom stereocenters. The van der Waals surface area contributed by atoms with Crippen molar-refractivity contribution in [2.75, 3.05) is 49.1 Å². The maximum Gasteiger partial charge on any atom is 0.233 e. The second kappa shape index (κ2) is 9.93. The zero-order chi connectivity index (χ0) is 22.6. The zero-order valence-electron chi connectivity index (χ0n) is 18.7. The van der Waals surface area contributed by atoms with Crippen LogP contribution in [-0.2, 0) is 16.0 Å². The number of ether oxygens (including phenoxy) is 1. The first-order chi connectivity index (χ1) is 16.2. The number of aryl methyl sites for hydroxylation is 1. The molecule has 0 radical (unpaired) electrons. The third-order valence-electron chi connectivity index (χ3n) is 6.62. The minimum Gasteiger partial charge on any atom is -0.494 e. The molecule has 33 heavy (non-hydrogen) atoms. The van der Waals surface area contributed by atoms with E-state index in [1.165, 1.54) is 20.7 Å². The zero-order valence-corrected chi connectivity index (χ0v) is 19.6. The summed E-state index contributed by atoms with van der Waals surface area (Å²) in [5, 5.41) is 3.55. The van der Waals surface area contributed by atoms with Gasteiger partial charge >= 0.3 is 0 Å². The highest BCUT2D eigenvalue weighted by Gasteiger charge is 2.24. The lowest BCUT2D eigenvalue weighted by Gasteiger charge is -2.36. The minimum absolute atomic E-state index is 0.151. The number of anilines is 2. The number of carbonyl (C=O) groups excluding carboxylic acids is 2. The third-order valence-corrected chi connectivity index (χ3v) is 7.50. The van der Waals surface area contributed by atoms with Crippen molar-refractivity contribution in [3.8, 4) is 5.75 Å². The fourth-order valence-electron chi connectivity index (χ4n) is 4.77. The first-order valence-corrected chi connectivity index (χ1v) is 12.6. The van der Waals surface area contributed by atoms with Crippen molar-refractivity contribution in [2.45, 2.75) is 25.7 Å². The number of thiophene rings is 1. The molecule has 6 nitrogen and oxygen atoms in total. The highest BCUT2D eigenvalue weighted by Crippen LogP contribution is 2.32. The van der Waals surface area contributed by atoms with Crippen molar-refractivity contribution in [1.82, 2.24) is 4.90 Å². The van der Waals surface area contributed by atoms with Crippen LogP contribution in [0.3, 0.4) is 0 Å². The molecule has 7 heteroatoms. The highest BCUT2D eigenvalue weighted by atomic mass is 32.1. The number of fused-ring (bicyclic) bond motifs is 2. The first-order valence-electron chi connectivity index (χ1n) is 11.7. The predicted molar refractivity (Wildman–Crippen MR) is 134 cm³/mol. The van der Waals surface area contributed by atoms with Gasteiger partial charge < -0.3 is 9.64 Å². The lowest BCUT2D eigenvalue weighted by atomic mass is 10.0. The van der Waals surface area contributed by atoms with Gasteiger partial charge in [-0.2, -0.15) is 0 Å². The molecule has 0 atom stereocenters. The van der Waals surface area contributed by atoms with E-state index in [2.05, 4.69) is 39.4 Å². The number of nitrogens with zero attached hydrogens (tertiary/aromatic N) is 3. The van der Waals surface area contributed by atoms with Gasteiger partial charge in [0.1, 0.15) is 5.75 Å². The van der Waals surface area contributed by atoms with Crippen LogP contribution in [0.25, 0.3) is 10.1 Å². The van der Waals surface area contributed by atoms with E-state index < -0.39 is 0 Å². The Morgan fingerprint density at radius 1 is 0.970 bits per heavy atom. The summed E-state index contributed by atoms with van der Waals surface area (Å²) < 4.78 is 7.28. The van der Waals surface area contributed by atoms with E-state index in [9.17, 15) is 9.59 Å². The van der Waals surface area contributed by atoms with Gasteiger partial charge in [0.25, 0.3) is 0 Å². The Balaban J connectivity index is 1.05.